The van der Waals surface area contributed by atoms with E-state index in [1.165, 1.54) is 12.1 Å². The standard InChI is InChI=1S/C23H24N4O6S2/c1-3-26(4-2)23-24-13-21(27(28)29)22(25-23)33-18-7-5-16(6-8-18)32-17-9-11-20(12-10-17)35(30,31)15-19-14-34-19/h5-13,19H,3-4,14-15H2,1-2H3/t19-/m0/s1. The number of anilines is 1. The fraction of sp³-hybridized carbons (Fsp3) is 0.304. The predicted octanol–water partition coefficient (Wildman–Crippen LogP) is 4.70. The van der Waals surface area contributed by atoms with Gasteiger partial charge in [0.25, 0.3) is 0 Å². The molecule has 3 aromatic rings. The highest BCUT2D eigenvalue weighted by atomic mass is 32.2. The Hall–Kier alpha value is -3.38. The van der Waals surface area contributed by atoms with Gasteiger partial charge in [-0.15, -0.1) is 0 Å². The maximum absolute atomic E-state index is 12.4. The Morgan fingerprint density at radius 1 is 1.03 bits per heavy atom. The van der Waals surface area contributed by atoms with Gasteiger partial charge in [0, 0.05) is 24.1 Å². The number of nitrogens with zero attached hydrogens (tertiary/aromatic N) is 4. The largest absolute Gasteiger partial charge is 0.457 e. The minimum atomic E-state index is -3.30. The van der Waals surface area contributed by atoms with Crippen LogP contribution in [0.25, 0.3) is 0 Å². The van der Waals surface area contributed by atoms with Crippen molar-refractivity contribution < 1.29 is 22.8 Å². The van der Waals surface area contributed by atoms with Crippen LogP contribution in [0.1, 0.15) is 13.8 Å². The molecule has 10 nitrogen and oxygen atoms in total. The molecule has 4 rings (SSSR count). The number of aromatic nitrogens is 2. The van der Waals surface area contributed by atoms with Gasteiger partial charge in [-0.25, -0.2) is 13.4 Å². The number of sulfone groups is 1. The Labute approximate surface area is 207 Å². The Morgan fingerprint density at radius 2 is 1.57 bits per heavy atom. The number of rotatable bonds is 11. The molecule has 0 unspecified atom stereocenters. The van der Waals surface area contributed by atoms with E-state index in [0.717, 1.165) is 11.9 Å². The first kappa shape index (κ1) is 24.7. The normalized spacial score (nSPS) is 14.9. The maximum Gasteiger partial charge on any atom is 0.349 e. The third-order valence-electron chi connectivity index (χ3n) is 5.23. The molecule has 0 N–H and O–H groups in total. The van der Waals surface area contributed by atoms with Crippen LogP contribution in [0.4, 0.5) is 11.6 Å². The van der Waals surface area contributed by atoms with Gasteiger partial charge in [-0.05, 0) is 62.4 Å². The number of thioether (sulfide) groups is 1. The summed E-state index contributed by atoms with van der Waals surface area (Å²) in [5.41, 5.74) is -0.337. The van der Waals surface area contributed by atoms with Gasteiger partial charge in [0.15, 0.2) is 9.84 Å². The molecular formula is C23H24N4O6S2. The molecule has 2 aromatic carbocycles. The highest BCUT2D eigenvalue weighted by molar-refractivity contribution is 8.08. The lowest BCUT2D eigenvalue weighted by atomic mass is 10.3. The average molecular weight is 517 g/mol. The van der Waals surface area contributed by atoms with Gasteiger partial charge >= 0.3 is 11.6 Å². The van der Waals surface area contributed by atoms with Crippen LogP contribution in [-0.4, -0.2) is 53.2 Å². The van der Waals surface area contributed by atoms with Crippen LogP contribution in [0.3, 0.4) is 0 Å². The molecule has 1 aliphatic heterocycles. The Morgan fingerprint density at radius 3 is 2.09 bits per heavy atom. The smallest absolute Gasteiger partial charge is 0.349 e. The van der Waals surface area contributed by atoms with Crippen molar-refractivity contribution in [3.63, 3.8) is 0 Å². The Kier molecular flexibility index (Phi) is 7.41. The van der Waals surface area contributed by atoms with Gasteiger partial charge in [-0.2, -0.15) is 16.7 Å². The van der Waals surface area contributed by atoms with Crippen molar-refractivity contribution in [2.45, 2.75) is 24.0 Å². The number of nitro groups is 1. The molecule has 0 radical (unpaired) electrons. The van der Waals surface area contributed by atoms with E-state index < -0.39 is 14.8 Å². The van der Waals surface area contributed by atoms with Crippen molar-refractivity contribution >= 4 is 33.2 Å². The topological polar surface area (TPSA) is 125 Å². The number of benzene rings is 2. The summed E-state index contributed by atoms with van der Waals surface area (Å²) in [7, 11) is -3.30. The molecule has 1 saturated heterocycles. The number of ether oxygens (including phenoxy) is 2. The molecule has 35 heavy (non-hydrogen) atoms. The monoisotopic (exact) mass is 516 g/mol. The first-order valence-electron chi connectivity index (χ1n) is 11.0. The van der Waals surface area contributed by atoms with Crippen LogP contribution in [0.5, 0.6) is 23.1 Å². The quantitative estimate of drug-likeness (QED) is 0.201. The van der Waals surface area contributed by atoms with Gasteiger partial charge in [0.1, 0.15) is 23.4 Å². The molecule has 1 aliphatic rings. The van der Waals surface area contributed by atoms with Crippen molar-refractivity contribution in [1.82, 2.24) is 9.97 Å². The zero-order valence-electron chi connectivity index (χ0n) is 19.2. The van der Waals surface area contributed by atoms with Crippen molar-refractivity contribution in [1.29, 1.82) is 0 Å². The van der Waals surface area contributed by atoms with E-state index in [2.05, 4.69) is 9.97 Å². The SMILES string of the molecule is CCN(CC)c1ncc([N+](=O)[O-])c(Oc2ccc(Oc3ccc(S(=O)(=O)C[C@@H]4CS4)cc3)cc2)n1. The van der Waals surface area contributed by atoms with Gasteiger partial charge in [-0.1, -0.05) is 0 Å². The second-order valence-electron chi connectivity index (χ2n) is 7.67. The summed E-state index contributed by atoms with van der Waals surface area (Å²) in [6, 6.07) is 12.8. The summed E-state index contributed by atoms with van der Waals surface area (Å²) < 4.78 is 36.2. The van der Waals surface area contributed by atoms with E-state index in [0.29, 0.717) is 36.3 Å². The van der Waals surface area contributed by atoms with Gasteiger partial charge < -0.3 is 14.4 Å². The predicted molar refractivity (Wildman–Crippen MR) is 134 cm³/mol. The fourth-order valence-electron chi connectivity index (χ4n) is 3.25. The van der Waals surface area contributed by atoms with Crippen molar-refractivity contribution in [3.8, 4) is 23.1 Å². The van der Waals surface area contributed by atoms with E-state index in [9.17, 15) is 18.5 Å². The van der Waals surface area contributed by atoms with E-state index in [1.807, 2.05) is 18.7 Å². The molecule has 0 saturated carbocycles. The second-order valence-corrected chi connectivity index (χ2v) is 11.0. The molecule has 1 atom stereocenters. The maximum atomic E-state index is 12.4. The van der Waals surface area contributed by atoms with E-state index in [-0.39, 0.29) is 27.5 Å². The third-order valence-corrected chi connectivity index (χ3v) is 8.24. The third kappa shape index (κ3) is 6.20. The minimum Gasteiger partial charge on any atom is -0.457 e. The molecule has 2 heterocycles. The number of hydrogen-bond acceptors (Lipinski definition) is 10. The Balaban J connectivity index is 1.45. The lowest BCUT2D eigenvalue weighted by Crippen LogP contribution is -2.24. The summed E-state index contributed by atoms with van der Waals surface area (Å²) in [5, 5.41) is 11.6. The minimum absolute atomic E-state index is 0.151. The van der Waals surface area contributed by atoms with E-state index >= 15 is 0 Å². The van der Waals surface area contributed by atoms with E-state index in [4.69, 9.17) is 9.47 Å². The van der Waals surface area contributed by atoms with Crippen LogP contribution in [-0.2, 0) is 9.84 Å². The lowest BCUT2D eigenvalue weighted by Gasteiger charge is -2.18. The van der Waals surface area contributed by atoms with E-state index in [1.54, 1.807) is 48.2 Å². The summed E-state index contributed by atoms with van der Waals surface area (Å²) in [4.78, 5) is 21.3. The first-order valence-corrected chi connectivity index (χ1v) is 13.7. The van der Waals surface area contributed by atoms with Crippen LogP contribution >= 0.6 is 11.8 Å². The molecule has 0 bridgehead atoms. The van der Waals surface area contributed by atoms with Crippen LogP contribution < -0.4 is 14.4 Å². The number of hydrogen-bond donors (Lipinski definition) is 0. The second kappa shape index (κ2) is 10.5. The van der Waals surface area contributed by atoms with Crippen LogP contribution in [0.2, 0.25) is 0 Å². The Bertz CT molecular complexity index is 1290. The first-order chi connectivity index (χ1) is 16.8. The average Bonchev–Trinajstić information content (AvgIpc) is 3.65. The van der Waals surface area contributed by atoms with Gasteiger partial charge in [0.2, 0.25) is 5.95 Å². The highest BCUT2D eigenvalue weighted by Gasteiger charge is 2.30. The van der Waals surface area contributed by atoms with Crippen molar-refractivity contribution in [2.75, 3.05) is 29.5 Å². The summed E-state index contributed by atoms with van der Waals surface area (Å²) >= 11 is 1.65. The van der Waals surface area contributed by atoms with Crippen LogP contribution in [0.15, 0.2) is 59.6 Å². The van der Waals surface area contributed by atoms with Crippen molar-refractivity contribution in [2.24, 2.45) is 0 Å². The molecule has 1 aromatic heterocycles. The molecule has 184 valence electrons. The summed E-state index contributed by atoms with van der Waals surface area (Å²) in [5.74, 6) is 2.54. The fourth-order valence-corrected chi connectivity index (χ4v) is 5.93. The summed E-state index contributed by atoms with van der Waals surface area (Å²) in [6.45, 7) is 5.17. The van der Waals surface area contributed by atoms with Crippen molar-refractivity contribution in [3.05, 3.63) is 64.8 Å². The van der Waals surface area contributed by atoms with Crippen LogP contribution in [0, 0.1) is 10.1 Å². The summed E-state index contributed by atoms with van der Waals surface area (Å²) in [6.07, 6.45) is 1.14. The zero-order valence-corrected chi connectivity index (χ0v) is 20.8. The molecule has 12 heteroatoms. The highest BCUT2D eigenvalue weighted by Crippen LogP contribution is 2.34. The lowest BCUT2D eigenvalue weighted by molar-refractivity contribution is -0.386. The molecular weight excluding hydrogens is 492 g/mol. The molecule has 1 fully saturated rings. The molecule has 0 amide bonds. The zero-order chi connectivity index (χ0) is 25.0. The molecule has 0 aliphatic carbocycles. The van der Waals surface area contributed by atoms with Gasteiger partial charge in [0.05, 0.1) is 15.6 Å². The molecule has 0 spiro atoms. The van der Waals surface area contributed by atoms with Gasteiger partial charge in [-0.3, -0.25) is 10.1 Å².